The van der Waals surface area contributed by atoms with Gasteiger partial charge in [-0.05, 0) is 149 Å². The number of carboxylic acid groups (broad SMARTS) is 1. The maximum absolute atomic E-state index is 12.2. The number of Topliss-reactive ketones (excluding diaryl/α,β-unsaturated/α-hetero) is 3. The molecule has 93 heavy (non-hydrogen) atoms. The van der Waals surface area contributed by atoms with Crippen molar-refractivity contribution in [1.82, 2.24) is 5.32 Å². The zero-order valence-electron chi connectivity index (χ0n) is 53.5. The topological polar surface area (TPSA) is 477 Å². The fourth-order valence-corrected chi connectivity index (χ4v) is 11.5. The van der Waals surface area contributed by atoms with Crippen molar-refractivity contribution in [2.75, 3.05) is 24.6 Å². The number of carboxylic acids is 1. The molecule has 2 aromatic rings. The molecule has 512 valence electrons. The molecule has 2 aromatic carbocycles. The quantitative estimate of drug-likeness (QED) is 0.00941. The Morgan fingerprint density at radius 2 is 0.871 bits per heavy atom. The van der Waals surface area contributed by atoms with Crippen molar-refractivity contribution in [2.45, 2.75) is 187 Å². The van der Waals surface area contributed by atoms with Crippen LogP contribution in [0.15, 0.2) is 48.5 Å². The summed E-state index contributed by atoms with van der Waals surface area (Å²) >= 11 is 1.90. The van der Waals surface area contributed by atoms with E-state index in [1.165, 1.54) is 76.2 Å². The van der Waals surface area contributed by atoms with Gasteiger partial charge >= 0.3 is 95.4 Å². The molecule has 31 nitrogen and oxygen atoms in total. The summed E-state index contributed by atoms with van der Waals surface area (Å²) in [7, 11) is -8.34. The molecule has 4 N–H and O–H groups in total. The van der Waals surface area contributed by atoms with Crippen molar-refractivity contribution in [2.24, 2.45) is 22.0 Å². The normalized spacial score (nSPS) is 15.5. The monoisotopic (exact) mass is 1490 g/mol. The number of ketones is 3. The number of non-ortho nitro benzene ring substituents is 2. The van der Waals surface area contributed by atoms with E-state index in [0.717, 1.165) is 77.0 Å². The molecule has 0 saturated heterocycles. The van der Waals surface area contributed by atoms with Crippen LogP contribution in [-0.4, -0.2) is 136 Å². The van der Waals surface area contributed by atoms with Gasteiger partial charge in [-0.15, -0.1) is 0 Å². The number of nitrogens with one attached hydrogen (secondary N) is 1. The molecule has 0 aliphatic heterocycles. The van der Waals surface area contributed by atoms with Gasteiger partial charge in [0.15, 0.2) is 4.11 Å². The van der Waals surface area contributed by atoms with Crippen LogP contribution in [0.1, 0.15) is 170 Å². The Hall–Kier alpha value is -5.02. The predicted octanol–water partition coefficient (Wildman–Crippen LogP) is 3.18. The average Bonchev–Trinajstić information content (AvgIpc) is 1.90. The van der Waals surface area contributed by atoms with E-state index in [4.69, 9.17) is 44.0 Å². The Balaban J connectivity index is 0. The molecule has 3 atom stereocenters. The number of ether oxygens (including phenoxy) is 7. The number of carbonyl (C=O) groups is 9. The van der Waals surface area contributed by atoms with Crippen molar-refractivity contribution in [1.29, 1.82) is 0 Å². The van der Waals surface area contributed by atoms with Crippen molar-refractivity contribution in [3.8, 4) is 11.5 Å². The summed E-state index contributed by atoms with van der Waals surface area (Å²) in [5, 5.41) is 32.0. The smallest absolute Gasteiger partial charge is 0.748 e. The van der Waals surface area contributed by atoms with Crippen LogP contribution in [0.5, 0.6) is 11.5 Å². The zero-order chi connectivity index (χ0) is 69.2. The Morgan fingerprint density at radius 3 is 1.16 bits per heavy atom. The third-order valence-electron chi connectivity index (χ3n) is 13.8. The van der Waals surface area contributed by atoms with E-state index >= 15 is 0 Å². The number of nitrogens with zero attached hydrogens (tertiary/aromatic N) is 2. The molecule has 0 aromatic heterocycles. The molecular weight excluding hydrogens is 1410 g/mol. The molecule has 36 heteroatoms. The number of nitro groups is 2. The van der Waals surface area contributed by atoms with Crippen LogP contribution in [0, 0.1) is 36.5 Å². The maximum Gasteiger partial charge on any atom is 1.00 e. The van der Waals surface area contributed by atoms with Crippen LogP contribution in [0.25, 0.3) is 0 Å². The molecule has 0 radical (unpaired) electrons. The minimum absolute atomic E-state index is 0. The summed E-state index contributed by atoms with van der Waals surface area (Å²) in [6, 6.07) is 10.0. The van der Waals surface area contributed by atoms with E-state index in [1.54, 1.807) is 13.8 Å². The van der Waals surface area contributed by atoms with E-state index < -0.39 is 84.7 Å². The molecule has 3 aliphatic carbocycles. The summed E-state index contributed by atoms with van der Waals surface area (Å²) in [4.78, 5) is 123. The van der Waals surface area contributed by atoms with Crippen LogP contribution in [-0.2, 0) is 72.7 Å². The van der Waals surface area contributed by atoms with Crippen molar-refractivity contribution in [3.63, 3.8) is 0 Å². The Morgan fingerprint density at radius 1 is 0.548 bits per heavy atom. The summed E-state index contributed by atoms with van der Waals surface area (Å²) in [6.07, 6.45) is 7.54. The van der Waals surface area contributed by atoms with Gasteiger partial charge in [-0.1, -0.05) is 38.5 Å². The number of rotatable bonds is 28. The first-order valence-electron chi connectivity index (χ1n) is 28.8. The van der Waals surface area contributed by atoms with Gasteiger partial charge in [0.05, 0.1) is 49.3 Å². The number of carbonyl (C=O) groups excluding carboxylic acids is 8. The second-order valence-electron chi connectivity index (χ2n) is 22.1. The number of nitro benzene ring substituents is 2. The maximum atomic E-state index is 12.2. The number of halogens is 1. The van der Waals surface area contributed by atoms with Crippen LogP contribution < -0.4 is 79.6 Å². The molecule has 3 unspecified atom stereocenters. The minimum atomic E-state index is -4.32. The van der Waals surface area contributed by atoms with Gasteiger partial charge < -0.3 is 72.8 Å². The molecule has 3 aliphatic rings. The zero-order valence-corrected chi connectivity index (χ0v) is 61.3. The molecule has 0 heterocycles. The number of alkyl carbamates (subject to hydrolysis) is 1. The van der Waals surface area contributed by atoms with E-state index in [9.17, 15) is 89.3 Å². The second-order valence-corrected chi connectivity index (χ2v) is 26.9. The van der Waals surface area contributed by atoms with Crippen molar-refractivity contribution in [3.05, 3.63) is 68.8 Å². The number of nitrogens with two attached hydrogens (primary N) is 1. The number of hydrogen-bond acceptors (Lipinski definition) is 27. The molecule has 1 amide bonds. The summed E-state index contributed by atoms with van der Waals surface area (Å²) in [5.74, 6) is -2.35. The van der Waals surface area contributed by atoms with E-state index in [2.05, 4.69) is 5.32 Å². The Bertz CT molecular complexity index is 2960. The fraction of sp³-hybridized carbons (Fsp3) is 0.632. The summed E-state index contributed by atoms with van der Waals surface area (Å²) in [6.45, 7) is 9.18. The summed E-state index contributed by atoms with van der Waals surface area (Å²) < 4.78 is 94.6. The first kappa shape index (κ1) is 90.0. The van der Waals surface area contributed by atoms with Gasteiger partial charge in [-0.3, -0.25) is 34.6 Å². The van der Waals surface area contributed by atoms with Crippen LogP contribution >= 0.6 is 22.6 Å². The predicted molar refractivity (Wildman–Crippen MR) is 327 cm³/mol. The van der Waals surface area contributed by atoms with Gasteiger partial charge in [-0.25, -0.2) is 31.2 Å². The molecule has 5 rings (SSSR count). The van der Waals surface area contributed by atoms with E-state index in [0.29, 0.717) is 19.3 Å². The van der Waals surface area contributed by atoms with Crippen molar-refractivity contribution >= 4 is 108 Å². The number of alkyl halides is 1. The van der Waals surface area contributed by atoms with Crippen LogP contribution in [0.4, 0.5) is 25.8 Å². The molecular formula is C57H81IN4Na2O27S2. The van der Waals surface area contributed by atoms with E-state index in [-0.39, 0.29) is 171 Å². The van der Waals surface area contributed by atoms with Gasteiger partial charge in [0.1, 0.15) is 28.8 Å². The molecule has 3 fully saturated rings. The first-order valence-corrected chi connectivity index (χ1v) is 33.2. The first-order chi connectivity index (χ1) is 42.3. The largest absolute Gasteiger partial charge is 1.00 e. The van der Waals surface area contributed by atoms with Gasteiger partial charge in [0, 0.05) is 75.4 Å². The number of benzene rings is 2. The van der Waals surface area contributed by atoms with Gasteiger partial charge in [0.2, 0.25) is 12.6 Å². The standard InChI is InChI=1S/C19H23NO8.C16H27NO8S.C10H16O3.C9H8INO5.C3H9NO3S.2Na/c1-13(21)11-19(9-3-4-10-19)12-17(22)26-14(2)27-18(23)28-16-7-5-15(6-8-16)20(24)25;1-12(18)10-16(6-3-4-7-16)11-14(19)24-13(2)25-15(20)17-8-5-9-26(21,22)23;1-8(11)6-10(7-9(12)13)4-2-3-5-10;1-6(10)15-9(12)16-8-4-2-7(3-5-8)11(13)14;4-2-1-3-8(5,6)7;;/h5-8,14H,3-4,9-12H2,1-2H3;13H,3-11H2,1-2H3,(H,17,20)(H,21,22,23);2-7H2,1H3,(H,12,13);2-6H,1H3;1-4H2,(H,5,6,7);;/q;;;;;2*+1/p-2. The molecule has 0 bridgehead atoms. The Kier molecular flexibility index (Phi) is 44.0. The Labute approximate surface area is 598 Å². The molecule has 0 spiro atoms. The molecule has 3 saturated carbocycles. The third kappa shape index (κ3) is 42.9. The third-order valence-corrected chi connectivity index (χ3v) is 15.6. The van der Waals surface area contributed by atoms with Crippen LogP contribution in [0.3, 0.4) is 0 Å². The van der Waals surface area contributed by atoms with Crippen LogP contribution in [0.2, 0.25) is 0 Å². The van der Waals surface area contributed by atoms with Gasteiger partial charge in [0.25, 0.3) is 11.4 Å². The number of amides is 1. The number of hydrogen-bond donors (Lipinski definition) is 3. The number of esters is 2. The van der Waals surface area contributed by atoms with E-state index in [1.807, 2.05) is 22.6 Å². The SMILES string of the molecule is CC(=O)CC1(CC(=O)O)CCCC1.CC(=O)CC1(CC(=O)OC(C)OC(=O)NCCCS(=O)(=O)[O-])CCCC1.CC(=O)CC1(CC(=O)OC(C)OC(=O)Oc2ccc([N+](=O)[O-])cc2)CCCC1.CC(I)OC(=O)Oc1ccc([N+](=O)[O-])cc1.NCCCS(=O)(=O)[O-].[Na+].[Na+]. The summed E-state index contributed by atoms with van der Waals surface area (Å²) in [5.41, 5.74) is 3.77. The van der Waals surface area contributed by atoms with Gasteiger partial charge in [-0.2, -0.15) is 0 Å². The fourth-order valence-electron chi connectivity index (χ4n) is 10.3. The number of aliphatic carboxylic acids is 1. The van der Waals surface area contributed by atoms with Crippen molar-refractivity contribution < 1.29 is 176 Å². The minimum Gasteiger partial charge on any atom is -0.748 e. The average molecular weight is 1490 g/mol. The second kappa shape index (κ2) is 45.4.